The van der Waals surface area contributed by atoms with Gasteiger partial charge in [-0.3, -0.25) is 9.36 Å². The number of carbonyl (C=O) groups is 1. The molecule has 0 aromatic heterocycles. The normalized spacial score (nSPS) is 12.3. The fourth-order valence-corrected chi connectivity index (χ4v) is 4.38. The van der Waals surface area contributed by atoms with E-state index in [1.807, 2.05) is 33.8 Å². The van der Waals surface area contributed by atoms with Gasteiger partial charge in [-0.2, -0.15) is 0 Å². The number of hydrogen-bond acceptors (Lipinski definition) is 5. The van der Waals surface area contributed by atoms with E-state index < -0.39 is 13.6 Å². The third kappa shape index (κ3) is 7.77. The maximum Gasteiger partial charge on any atom is 0.331 e. The Morgan fingerprint density at radius 1 is 1.04 bits per heavy atom. The highest BCUT2D eigenvalue weighted by atomic mass is 31.2. The summed E-state index contributed by atoms with van der Waals surface area (Å²) in [5, 5.41) is 0. The summed E-state index contributed by atoms with van der Waals surface area (Å²) in [4.78, 5) is 12.5. The van der Waals surface area contributed by atoms with Crippen molar-refractivity contribution in [2.24, 2.45) is 0 Å². The predicted octanol–water partition coefficient (Wildman–Crippen LogP) is 5.94. The van der Waals surface area contributed by atoms with Crippen LogP contribution in [-0.4, -0.2) is 25.3 Å². The van der Waals surface area contributed by atoms with E-state index in [1.54, 1.807) is 0 Å². The summed E-state index contributed by atoms with van der Waals surface area (Å²) in [6.45, 7) is 14.8. The van der Waals surface area contributed by atoms with Crippen molar-refractivity contribution < 1.29 is 23.1 Å². The first-order valence-electron chi connectivity index (χ1n) is 9.73. The first-order chi connectivity index (χ1) is 12.5. The van der Waals surface area contributed by atoms with Crippen LogP contribution in [0.4, 0.5) is 0 Å². The smallest absolute Gasteiger partial charge is 0.331 e. The number of carbonyl (C=O) groups excluding carboxylic acids is 1. The van der Waals surface area contributed by atoms with E-state index in [9.17, 15) is 9.36 Å². The molecule has 0 radical (unpaired) electrons. The number of ether oxygens (including phenoxy) is 1. The van der Waals surface area contributed by atoms with E-state index in [0.717, 1.165) is 29.5 Å². The minimum Gasteiger partial charge on any atom is -0.426 e. The molecule has 0 aliphatic rings. The minimum atomic E-state index is -3.28. The van der Waals surface area contributed by atoms with Gasteiger partial charge in [0, 0.05) is 5.56 Å². The molecule has 0 atom stereocenters. The number of esters is 1. The Labute approximate surface area is 164 Å². The summed E-state index contributed by atoms with van der Waals surface area (Å²) in [6.07, 6.45) is 1.49. The topological polar surface area (TPSA) is 61.8 Å². The maximum atomic E-state index is 12.8. The Bertz CT molecular complexity index is 664. The molecular weight excluding hydrogens is 363 g/mol. The average molecular weight is 398 g/mol. The Balaban J connectivity index is 2.89. The predicted molar refractivity (Wildman–Crippen MR) is 110 cm³/mol. The molecule has 1 rings (SSSR count). The molecular formula is C21H35O5P. The minimum absolute atomic E-state index is 0.0123. The second-order valence-electron chi connectivity index (χ2n) is 7.93. The van der Waals surface area contributed by atoms with E-state index in [-0.39, 0.29) is 18.0 Å². The zero-order valence-corrected chi connectivity index (χ0v) is 18.8. The Kier molecular flexibility index (Phi) is 9.20. The Morgan fingerprint density at radius 3 is 2.07 bits per heavy atom. The second kappa shape index (κ2) is 10.4. The molecule has 0 spiro atoms. The lowest BCUT2D eigenvalue weighted by Crippen LogP contribution is -2.18. The molecule has 0 heterocycles. The van der Waals surface area contributed by atoms with Crippen LogP contribution >= 0.6 is 7.60 Å². The standard InChI is InChI=1S/C21H35O5P/c1-8-11-24-27(23,25-12-9-2)13-10-19(22)26-20-17(4)14-16(3)15-18(20)21(5,6)7/h14-15H,8-13H2,1-7H3. The van der Waals surface area contributed by atoms with Crippen molar-refractivity contribution in [2.75, 3.05) is 19.4 Å². The third-order valence-corrected chi connectivity index (χ3v) is 5.94. The van der Waals surface area contributed by atoms with Crippen molar-refractivity contribution in [3.8, 4) is 5.75 Å². The monoisotopic (exact) mass is 398 g/mol. The summed E-state index contributed by atoms with van der Waals surface area (Å²) < 4.78 is 29.3. The van der Waals surface area contributed by atoms with Crippen LogP contribution in [0.25, 0.3) is 0 Å². The average Bonchev–Trinajstić information content (AvgIpc) is 2.58. The second-order valence-corrected chi connectivity index (χ2v) is 10.1. The van der Waals surface area contributed by atoms with Gasteiger partial charge >= 0.3 is 13.6 Å². The van der Waals surface area contributed by atoms with Crippen LogP contribution in [0.2, 0.25) is 0 Å². The van der Waals surface area contributed by atoms with Gasteiger partial charge in [-0.1, -0.05) is 52.3 Å². The first kappa shape index (κ1) is 23.9. The SMILES string of the molecule is CCCOP(=O)(CCC(=O)Oc1c(C)cc(C)cc1C(C)(C)C)OCCC. The molecule has 0 N–H and O–H groups in total. The Hall–Kier alpha value is -1.16. The number of rotatable bonds is 10. The molecule has 27 heavy (non-hydrogen) atoms. The van der Waals surface area contributed by atoms with Crippen LogP contribution in [-0.2, 0) is 23.8 Å². The van der Waals surface area contributed by atoms with Crippen molar-refractivity contribution >= 4 is 13.6 Å². The zero-order chi connectivity index (χ0) is 20.7. The van der Waals surface area contributed by atoms with E-state index in [1.165, 1.54) is 0 Å². The molecule has 0 aliphatic heterocycles. The van der Waals surface area contributed by atoms with Gasteiger partial charge in [-0.25, -0.2) is 0 Å². The van der Waals surface area contributed by atoms with Gasteiger partial charge in [0.2, 0.25) is 0 Å². The van der Waals surface area contributed by atoms with Crippen LogP contribution in [0.5, 0.6) is 5.75 Å². The van der Waals surface area contributed by atoms with Crippen molar-refractivity contribution in [3.63, 3.8) is 0 Å². The van der Waals surface area contributed by atoms with Crippen LogP contribution in [0.15, 0.2) is 12.1 Å². The molecule has 0 aliphatic carbocycles. The fourth-order valence-electron chi connectivity index (χ4n) is 2.67. The highest BCUT2D eigenvalue weighted by molar-refractivity contribution is 7.53. The van der Waals surface area contributed by atoms with E-state index >= 15 is 0 Å². The van der Waals surface area contributed by atoms with Gasteiger partial charge < -0.3 is 13.8 Å². The van der Waals surface area contributed by atoms with Crippen molar-refractivity contribution in [2.45, 2.75) is 73.1 Å². The molecule has 154 valence electrons. The van der Waals surface area contributed by atoms with Gasteiger partial charge in [0.25, 0.3) is 0 Å². The Morgan fingerprint density at radius 2 is 1.59 bits per heavy atom. The molecule has 0 amide bonds. The molecule has 0 saturated carbocycles. The lowest BCUT2D eigenvalue weighted by atomic mass is 9.84. The van der Waals surface area contributed by atoms with Crippen LogP contribution in [0, 0.1) is 13.8 Å². The van der Waals surface area contributed by atoms with Crippen molar-refractivity contribution in [1.29, 1.82) is 0 Å². The van der Waals surface area contributed by atoms with Crippen LogP contribution in [0.3, 0.4) is 0 Å². The number of benzene rings is 1. The molecule has 1 aromatic carbocycles. The highest BCUT2D eigenvalue weighted by Crippen LogP contribution is 2.49. The van der Waals surface area contributed by atoms with Gasteiger partial charge in [0.1, 0.15) is 5.75 Å². The molecule has 0 bridgehead atoms. The van der Waals surface area contributed by atoms with Crippen molar-refractivity contribution in [3.05, 3.63) is 28.8 Å². The molecule has 0 fully saturated rings. The molecule has 1 aromatic rings. The summed E-state index contributed by atoms with van der Waals surface area (Å²) in [7, 11) is -3.28. The van der Waals surface area contributed by atoms with Gasteiger partial charge in [-0.05, 0) is 37.7 Å². The van der Waals surface area contributed by atoms with Gasteiger partial charge in [0.15, 0.2) is 0 Å². The van der Waals surface area contributed by atoms with Crippen LogP contribution < -0.4 is 4.74 Å². The highest BCUT2D eigenvalue weighted by Gasteiger charge is 2.27. The van der Waals surface area contributed by atoms with E-state index in [2.05, 4.69) is 26.8 Å². The van der Waals surface area contributed by atoms with E-state index in [0.29, 0.717) is 19.0 Å². The fraction of sp³-hybridized carbons (Fsp3) is 0.667. The zero-order valence-electron chi connectivity index (χ0n) is 17.9. The first-order valence-corrected chi connectivity index (χ1v) is 11.5. The molecule has 0 unspecified atom stereocenters. The van der Waals surface area contributed by atoms with Crippen LogP contribution in [0.1, 0.15) is 70.6 Å². The molecule has 6 heteroatoms. The summed E-state index contributed by atoms with van der Waals surface area (Å²) in [5.41, 5.74) is 2.88. The summed E-state index contributed by atoms with van der Waals surface area (Å²) >= 11 is 0. The van der Waals surface area contributed by atoms with Gasteiger partial charge in [0.05, 0.1) is 25.8 Å². The van der Waals surface area contributed by atoms with Gasteiger partial charge in [-0.15, -0.1) is 0 Å². The summed E-state index contributed by atoms with van der Waals surface area (Å²) in [5.74, 6) is 0.171. The largest absolute Gasteiger partial charge is 0.426 e. The quantitative estimate of drug-likeness (QED) is 0.277. The van der Waals surface area contributed by atoms with E-state index in [4.69, 9.17) is 13.8 Å². The summed E-state index contributed by atoms with van der Waals surface area (Å²) in [6, 6.07) is 4.05. The maximum absolute atomic E-state index is 12.8. The lowest BCUT2D eigenvalue weighted by molar-refractivity contribution is -0.134. The number of hydrogen-bond donors (Lipinski definition) is 0. The number of aryl methyl sites for hydroxylation is 2. The lowest BCUT2D eigenvalue weighted by Gasteiger charge is -2.24. The van der Waals surface area contributed by atoms with Crippen molar-refractivity contribution in [1.82, 2.24) is 0 Å². The molecule has 0 saturated heterocycles. The molecule has 5 nitrogen and oxygen atoms in total. The third-order valence-electron chi connectivity index (χ3n) is 4.02.